The highest BCUT2D eigenvalue weighted by atomic mass is 14.9. The Morgan fingerprint density at radius 1 is 0.356 bits per heavy atom. The van der Waals surface area contributed by atoms with E-state index in [0.29, 0.717) is 11.5 Å². The standard InChI is InChI=1S/C56H35N3/c1-57-48-29-30-49-50-34-43(28-31-51(50)56(52(49)35-48,46-16-4-2-5-17-46)47-18-6-3-7-19-47)39-20-24-40(25-21-39)53-36-54(44-26-22-37-12-8-10-14-41(37)32-44)59-55(58-53)45-27-23-38-13-9-11-15-42(38)33-45/h2-36H. The second-order valence-corrected chi connectivity index (χ2v) is 15.2. The molecule has 59 heavy (non-hydrogen) atoms. The summed E-state index contributed by atoms with van der Waals surface area (Å²) < 4.78 is 0. The SMILES string of the molecule is [C-]#[N+]c1ccc2c(c1)C(c1ccccc1)(c1ccccc1)c1ccc(-c3ccc(-c4cc(-c5ccc6ccccc6c5)nc(-c5ccc6ccccc6c5)n4)cc3)cc1-2. The van der Waals surface area contributed by atoms with Gasteiger partial charge in [-0.05, 0) is 90.3 Å². The van der Waals surface area contributed by atoms with Gasteiger partial charge in [0.05, 0.1) is 23.4 Å². The Bertz CT molecular complexity index is 3130. The average Bonchev–Trinajstić information content (AvgIpc) is 3.61. The Morgan fingerprint density at radius 3 is 1.53 bits per heavy atom. The second kappa shape index (κ2) is 13.9. The number of hydrogen-bond donors (Lipinski definition) is 0. The molecule has 0 unspecified atom stereocenters. The number of nitrogens with zero attached hydrogens (tertiary/aromatic N) is 3. The van der Waals surface area contributed by atoms with Crippen molar-refractivity contribution in [3.8, 4) is 56.2 Å². The maximum absolute atomic E-state index is 7.92. The molecule has 0 fully saturated rings. The van der Waals surface area contributed by atoms with E-state index in [-0.39, 0.29) is 0 Å². The fourth-order valence-corrected chi connectivity index (χ4v) is 9.11. The number of fused-ring (bicyclic) bond motifs is 5. The molecule has 274 valence electrons. The first-order chi connectivity index (χ1) is 29.2. The van der Waals surface area contributed by atoms with E-state index in [1.54, 1.807) is 0 Å². The van der Waals surface area contributed by atoms with Crippen LogP contribution in [-0.4, -0.2) is 9.97 Å². The van der Waals surface area contributed by atoms with Crippen LogP contribution in [0.2, 0.25) is 0 Å². The Morgan fingerprint density at radius 2 is 0.881 bits per heavy atom. The van der Waals surface area contributed by atoms with Gasteiger partial charge in [-0.1, -0.05) is 188 Å². The topological polar surface area (TPSA) is 30.1 Å². The molecule has 0 radical (unpaired) electrons. The largest absolute Gasteiger partial charge is 0.238 e. The van der Waals surface area contributed by atoms with Crippen LogP contribution < -0.4 is 0 Å². The van der Waals surface area contributed by atoms with Crippen LogP contribution in [0.5, 0.6) is 0 Å². The Balaban J connectivity index is 1.03. The lowest BCUT2D eigenvalue weighted by Gasteiger charge is -2.34. The van der Waals surface area contributed by atoms with Crippen molar-refractivity contribution in [2.45, 2.75) is 5.41 Å². The zero-order chi connectivity index (χ0) is 39.3. The molecular formula is C56H35N3. The van der Waals surface area contributed by atoms with Gasteiger partial charge in [0.2, 0.25) is 0 Å². The predicted octanol–water partition coefficient (Wildman–Crippen LogP) is 14.4. The second-order valence-electron chi connectivity index (χ2n) is 15.2. The van der Waals surface area contributed by atoms with Crippen LogP contribution in [-0.2, 0) is 5.41 Å². The number of rotatable bonds is 6. The molecule has 1 aliphatic carbocycles. The zero-order valence-corrected chi connectivity index (χ0v) is 32.0. The molecule has 0 N–H and O–H groups in total. The Hall–Kier alpha value is -7.93. The van der Waals surface area contributed by atoms with E-state index in [9.17, 15) is 0 Å². The third-order valence-corrected chi connectivity index (χ3v) is 12.0. The van der Waals surface area contributed by atoms with Crippen LogP contribution in [0.15, 0.2) is 212 Å². The summed E-state index contributed by atoms with van der Waals surface area (Å²) in [5.74, 6) is 0.694. The highest BCUT2D eigenvalue weighted by molar-refractivity contribution is 5.91. The molecule has 1 aliphatic rings. The molecule has 0 saturated heterocycles. The summed E-state index contributed by atoms with van der Waals surface area (Å²) in [7, 11) is 0. The Kier molecular flexibility index (Phi) is 8.10. The minimum absolute atomic E-state index is 0.561. The molecule has 0 aliphatic heterocycles. The summed E-state index contributed by atoms with van der Waals surface area (Å²) in [4.78, 5) is 14.2. The highest BCUT2D eigenvalue weighted by Gasteiger charge is 2.46. The maximum Gasteiger partial charge on any atom is 0.187 e. The first-order valence-corrected chi connectivity index (χ1v) is 19.9. The van der Waals surface area contributed by atoms with Crippen LogP contribution in [0.4, 0.5) is 5.69 Å². The van der Waals surface area contributed by atoms with Crippen LogP contribution in [0, 0.1) is 6.57 Å². The van der Waals surface area contributed by atoms with Crippen molar-refractivity contribution < 1.29 is 0 Å². The first-order valence-electron chi connectivity index (χ1n) is 19.9. The smallest absolute Gasteiger partial charge is 0.187 e. The van der Waals surface area contributed by atoms with E-state index in [4.69, 9.17) is 16.5 Å². The summed E-state index contributed by atoms with van der Waals surface area (Å²) in [6.07, 6.45) is 0. The fraction of sp³-hybridized carbons (Fsp3) is 0.0179. The third-order valence-electron chi connectivity index (χ3n) is 12.0. The lowest BCUT2D eigenvalue weighted by Crippen LogP contribution is -2.28. The van der Waals surface area contributed by atoms with Crippen molar-refractivity contribution in [2.24, 2.45) is 0 Å². The van der Waals surface area contributed by atoms with Crippen molar-refractivity contribution in [3.63, 3.8) is 0 Å². The molecule has 0 bridgehead atoms. The lowest BCUT2D eigenvalue weighted by molar-refractivity contribution is 0.769. The minimum Gasteiger partial charge on any atom is -0.238 e. The van der Waals surface area contributed by atoms with E-state index < -0.39 is 5.41 Å². The van der Waals surface area contributed by atoms with Gasteiger partial charge in [-0.2, -0.15) is 0 Å². The van der Waals surface area contributed by atoms with Crippen LogP contribution in [0.3, 0.4) is 0 Å². The van der Waals surface area contributed by atoms with Gasteiger partial charge in [-0.25, -0.2) is 14.8 Å². The normalized spacial score (nSPS) is 12.5. The molecule has 1 aromatic heterocycles. The van der Waals surface area contributed by atoms with Crippen molar-refractivity contribution in [3.05, 3.63) is 246 Å². The minimum atomic E-state index is -0.561. The summed E-state index contributed by atoms with van der Waals surface area (Å²) in [6.45, 7) is 7.92. The van der Waals surface area contributed by atoms with Crippen LogP contribution in [0.1, 0.15) is 22.3 Å². The molecule has 10 aromatic rings. The average molecular weight is 750 g/mol. The number of hydrogen-bond acceptors (Lipinski definition) is 2. The first kappa shape index (κ1) is 34.3. The summed E-state index contributed by atoms with van der Waals surface area (Å²) in [5.41, 5.74) is 14.2. The molecule has 3 heteroatoms. The van der Waals surface area contributed by atoms with Crippen molar-refractivity contribution in [2.75, 3.05) is 0 Å². The van der Waals surface area contributed by atoms with E-state index in [0.717, 1.165) is 55.7 Å². The molecule has 11 rings (SSSR count). The molecule has 1 heterocycles. The lowest BCUT2D eigenvalue weighted by atomic mass is 9.67. The number of benzene rings is 9. The molecule has 0 saturated carbocycles. The summed E-state index contributed by atoms with van der Waals surface area (Å²) >= 11 is 0. The van der Waals surface area contributed by atoms with Gasteiger partial charge >= 0.3 is 0 Å². The van der Waals surface area contributed by atoms with E-state index in [1.165, 1.54) is 38.4 Å². The quantitative estimate of drug-likeness (QED) is 0.158. The summed E-state index contributed by atoms with van der Waals surface area (Å²) in [6, 6.07) is 75.2. The maximum atomic E-state index is 7.92. The van der Waals surface area contributed by atoms with Crippen LogP contribution >= 0.6 is 0 Å². The predicted molar refractivity (Wildman–Crippen MR) is 242 cm³/mol. The van der Waals surface area contributed by atoms with Gasteiger partial charge < -0.3 is 0 Å². The fourth-order valence-electron chi connectivity index (χ4n) is 9.11. The van der Waals surface area contributed by atoms with Crippen LogP contribution in [0.25, 0.3) is 82.5 Å². The van der Waals surface area contributed by atoms with Gasteiger partial charge in [0.15, 0.2) is 11.5 Å². The van der Waals surface area contributed by atoms with E-state index >= 15 is 0 Å². The zero-order valence-electron chi connectivity index (χ0n) is 32.0. The molecule has 9 aromatic carbocycles. The van der Waals surface area contributed by atoms with Gasteiger partial charge in [0, 0.05) is 16.7 Å². The van der Waals surface area contributed by atoms with Gasteiger partial charge in [-0.15, -0.1) is 0 Å². The van der Waals surface area contributed by atoms with Gasteiger partial charge in [0.25, 0.3) is 0 Å². The van der Waals surface area contributed by atoms with Crippen molar-refractivity contribution in [1.29, 1.82) is 0 Å². The highest BCUT2D eigenvalue weighted by Crippen LogP contribution is 2.57. The molecule has 0 spiro atoms. The van der Waals surface area contributed by atoms with Crippen molar-refractivity contribution in [1.82, 2.24) is 9.97 Å². The Labute approximate surface area is 343 Å². The van der Waals surface area contributed by atoms with E-state index in [1.807, 2.05) is 6.07 Å². The van der Waals surface area contributed by atoms with E-state index in [2.05, 4.69) is 211 Å². The molecule has 3 nitrogen and oxygen atoms in total. The molecule has 0 amide bonds. The molecular weight excluding hydrogens is 715 g/mol. The molecule has 0 atom stereocenters. The third kappa shape index (κ3) is 5.73. The van der Waals surface area contributed by atoms with Gasteiger partial charge in [-0.3, -0.25) is 0 Å². The number of aromatic nitrogens is 2. The van der Waals surface area contributed by atoms with Crippen molar-refractivity contribution >= 4 is 27.2 Å². The van der Waals surface area contributed by atoms with Gasteiger partial charge in [0.1, 0.15) is 0 Å². The monoisotopic (exact) mass is 749 g/mol. The summed E-state index contributed by atoms with van der Waals surface area (Å²) in [5, 5.41) is 4.72.